The van der Waals surface area contributed by atoms with Crippen molar-refractivity contribution in [2.24, 2.45) is 0 Å². The fraction of sp³-hybridized carbons (Fsp3) is 0.304. The van der Waals surface area contributed by atoms with Crippen LogP contribution in [0.25, 0.3) is 22.6 Å². The Morgan fingerprint density at radius 1 is 1.09 bits per heavy atom. The summed E-state index contributed by atoms with van der Waals surface area (Å²) in [6.07, 6.45) is 0.774. The van der Waals surface area contributed by atoms with E-state index < -0.39 is 5.76 Å². The molecule has 0 bridgehead atoms. The van der Waals surface area contributed by atoms with Gasteiger partial charge in [0.2, 0.25) is 17.7 Å². The van der Waals surface area contributed by atoms with Gasteiger partial charge in [-0.2, -0.15) is 0 Å². The van der Waals surface area contributed by atoms with E-state index in [9.17, 15) is 9.59 Å². The molecule has 0 N–H and O–H groups in total. The van der Waals surface area contributed by atoms with Crippen molar-refractivity contribution in [1.29, 1.82) is 0 Å². The Kier molecular flexibility index (Phi) is 6.41. The highest BCUT2D eigenvalue weighted by Gasteiger charge is 2.21. The topological polar surface area (TPSA) is 94.4 Å². The number of oxazole rings is 1. The van der Waals surface area contributed by atoms with E-state index in [-0.39, 0.29) is 24.9 Å². The molecule has 0 saturated carbocycles. The van der Waals surface area contributed by atoms with Crippen molar-refractivity contribution in [2.45, 2.75) is 45.8 Å². The van der Waals surface area contributed by atoms with E-state index in [1.54, 1.807) is 27.7 Å². The molecule has 0 aliphatic heterocycles. The number of fused-ring (bicyclic) bond motifs is 1. The Balaban J connectivity index is 1.41. The van der Waals surface area contributed by atoms with Gasteiger partial charge < -0.3 is 13.7 Å². The van der Waals surface area contributed by atoms with E-state index in [4.69, 9.17) is 20.4 Å². The predicted molar refractivity (Wildman–Crippen MR) is 120 cm³/mol. The number of aromatic nitrogens is 3. The third kappa shape index (κ3) is 4.60. The smallest absolute Gasteiger partial charge is 0.419 e. The highest BCUT2D eigenvalue weighted by Crippen LogP contribution is 2.26. The standard InChI is InChI=1S/C23H23ClN4O4/c1-15(2)28(14-20-25-26-22(32-20)16-8-3-4-9-17(16)24)21(29)12-7-13-27-18-10-5-6-11-19(18)31-23(27)30/h3-6,8-11,15H,7,12-14H2,1-2H3. The van der Waals surface area contributed by atoms with Crippen molar-refractivity contribution < 1.29 is 13.6 Å². The van der Waals surface area contributed by atoms with Gasteiger partial charge in [0.25, 0.3) is 0 Å². The predicted octanol–water partition coefficient (Wildman–Crippen LogP) is 4.52. The Labute approximate surface area is 189 Å². The number of hydrogen-bond donors (Lipinski definition) is 0. The average molecular weight is 455 g/mol. The zero-order chi connectivity index (χ0) is 22.7. The maximum absolute atomic E-state index is 12.9. The first-order valence-corrected chi connectivity index (χ1v) is 10.8. The Morgan fingerprint density at radius 3 is 2.62 bits per heavy atom. The first kappa shape index (κ1) is 21.8. The van der Waals surface area contributed by atoms with Gasteiger partial charge in [-0.25, -0.2) is 4.79 Å². The van der Waals surface area contributed by atoms with Crippen molar-refractivity contribution in [3.05, 3.63) is 70.0 Å². The molecule has 2 aromatic carbocycles. The number of amides is 1. The molecule has 0 fully saturated rings. The van der Waals surface area contributed by atoms with Crippen LogP contribution in [0, 0.1) is 0 Å². The van der Waals surface area contributed by atoms with Gasteiger partial charge in [-0.1, -0.05) is 35.9 Å². The molecular weight excluding hydrogens is 432 g/mol. The monoisotopic (exact) mass is 454 g/mol. The maximum Gasteiger partial charge on any atom is 0.419 e. The molecular formula is C23H23ClN4O4. The van der Waals surface area contributed by atoms with Crippen LogP contribution in [0.1, 0.15) is 32.6 Å². The van der Waals surface area contributed by atoms with Gasteiger partial charge in [0.1, 0.15) is 0 Å². The van der Waals surface area contributed by atoms with Crippen LogP contribution >= 0.6 is 11.6 Å². The van der Waals surface area contributed by atoms with Crippen LogP contribution in [0.15, 0.2) is 62.2 Å². The summed E-state index contributed by atoms with van der Waals surface area (Å²) in [5, 5.41) is 8.66. The SMILES string of the molecule is CC(C)N(Cc1nnc(-c2ccccc2Cl)o1)C(=O)CCCn1c(=O)oc2ccccc21. The number of rotatable bonds is 8. The van der Waals surface area contributed by atoms with E-state index >= 15 is 0 Å². The summed E-state index contributed by atoms with van der Waals surface area (Å²) in [4.78, 5) is 26.7. The van der Waals surface area contributed by atoms with Crippen LogP contribution in [0.4, 0.5) is 0 Å². The average Bonchev–Trinajstić information content (AvgIpc) is 3.36. The molecule has 2 aromatic heterocycles. The molecule has 0 radical (unpaired) electrons. The van der Waals surface area contributed by atoms with Gasteiger partial charge in [0, 0.05) is 19.0 Å². The maximum atomic E-state index is 12.9. The minimum Gasteiger partial charge on any atom is -0.419 e. The highest BCUT2D eigenvalue weighted by molar-refractivity contribution is 6.33. The van der Waals surface area contributed by atoms with E-state index in [1.807, 2.05) is 44.2 Å². The molecule has 4 aromatic rings. The van der Waals surface area contributed by atoms with Crippen molar-refractivity contribution in [1.82, 2.24) is 19.7 Å². The minimum atomic E-state index is -0.419. The molecule has 8 nitrogen and oxygen atoms in total. The first-order valence-electron chi connectivity index (χ1n) is 10.4. The number of carbonyl (C=O) groups is 1. The van der Waals surface area contributed by atoms with Gasteiger partial charge in [0.15, 0.2) is 5.58 Å². The fourth-order valence-electron chi connectivity index (χ4n) is 3.52. The number of benzene rings is 2. The second kappa shape index (κ2) is 9.40. The van der Waals surface area contributed by atoms with Crippen LogP contribution in [-0.2, 0) is 17.9 Å². The van der Waals surface area contributed by atoms with Gasteiger partial charge in [-0.05, 0) is 44.5 Å². The summed E-state index contributed by atoms with van der Waals surface area (Å²) in [6, 6.07) is 14.4. The van der Waals surface area contributed by atoms with Crippen molar-refractivity contribution in [3.8, 4) is 11.5 Å². The second-order valence-electron chi connectivity index (χ2n) is 7.69. The molecule has 0 atom stereocenters. The van der Waals surface area contributed by atoms with Crippen LogP contribution in [0.3, 0.4) is 0 Å². The molecule has 1 amide bonds. The van der Waals surface area contributed by atoms with Gasteiger partial charge in [0.05, 0.1) is 22.6 Å². The lowest BCUT2D eigenvalue weighted by Crippen LogP contribution is -2.36. The molecule has 0 aliphatic rings. The largest absolute Gasteiger partial charge is 0.419 e. The van der Waals surface area contributed by atoms with Crippen LogP contribution in [-0.4, -0.2) is 31.6 Å². The third-order valence-electron chi connectivity index (χ3n) is 5.17. The van der Waals surface area contributed by atoms with Crippen LogP contribution < -0.4 is 5.76 Å². The molecule has 166 valence electrons. The van der Waals surface area contributed by atoms with E-state index in [0.29, 0.717) is 40.9 Å². The lowest BCUT2D eigenvalue weighted by molar-refractivity contribution is -0.134. The molecule has 0 aliphatic carbocycles. The van der Waals surface area contributed by atoms with Crippen molar-refractivity contribution in [3.63, 3.8) is 0 Å². The fourth-order valence-corrected chi connectivity index (χ4v) is 3.74. The number of aryl methyl sites for hydroxylation is 1. The Hall–Kier alpha value is -3.39. The highest BCUT2D eigenvalue weighted by atomic mass is 35.5. The summed E-state index contributed by atoms with van der Waals surface area (Å²) in [7, 11) is 0. The number of hydrogen-bond acceptors (Lipinski definition) is 6. The molecule has 4 rings (SSSR count). The summed E-state index contributed by atoms with van der Waals surface area (Å²) < 4.78 is 12.5. The molecule has 9 heteroatoms. The summed E-state index contributed by atoms with van der Waals surface area (Å²) in [6.45, 7) is 4.45. The van der Waals surface area contributed by atoms with Crippen molar-refractivity contribution >= 4 is 28.6 Å². The zero-order valence-corrected chi connectivity index (χ0v) is 18.6. The summed E-state index contributed by atoms with van der Waals surface area (Å²) >= 11 is 6.20. The Morgan fingerprint density at radius 2 is 1.84 bits per heavy atom. The third-order valence-corrected chi connectivity index (χ3v) is 5.50. The van der Waals surface area contributed by atoms with Crippen molar-refractivity contribution in [2.75, 3.05) is 0 Å². The van der Waals surface area contributed by atoms with Crippen LogP contribution in [0.2, 0.25) is 5.02 Å². The van der Waals surface area contributed by atoms with Gasteiger partial charge >= 0.3 is 5.76 Å². The number of para-hydroxylation sites is 2. The molecule has 0 spiro atoms. The quantitative estimate of drug-likeness (QED) is 0.388. The van der Waals surface area contributed by atoms with E-state index in [1.165, 1.54) is 0 Å². The summed E-state index contributed by atoms with van der Waals surface area (Å²) in [5.41, 5.74) is 1.91. The minimum absolute atomic E-state index is 0.0571. The molecule has 0 unspecified atom stereocenters. The first-order chi connectivity index (χ1) is 15.4. The number of nitrogens with zero attached hydrogens (tertiary/aromatic N) is 4. The molecule has 32 heavy (non-hydrogen) atoms. The lowest BCUT2D eigenvalue weighted by atomic mass is 10.2. The van der Waals surface area contributed by atoms with Gasteiger partial charge in [-0.3, -0.25) is 9.36 Å². The van der Waals surface area contributed by atoms with E-state index in [0.717, 1.165) is 5.52 Å². The van der Waals surface area contributed by atoms with Crippen LogP contribution in [0.5, 0.6) is 0 Å². The van der Waals surface area contributed by atoms with E-state index in [2.05, 4.69) is 10.2 Å². The second-order valence-corrected chi connectivity index (χ2v) is 8.09. The zero-order valence-electron chi connectivity index (χ0n) is 17.8. The summed E-state index contributed by atoms with van der Waals surface area (Å²) in [5.74, 6) is 0.169. The van der Waals surface area contributed by atoms with Gasteiger partial charge in [-0.15, -0.1) is 10.2 Å². The molecule has 0 saturated heterocycles. The number of carbonyl (C=O) groups excluding carboxylic acids is 1. The lowest BCUT2D eigenvalue weighted by Gasteiger charge is -2.25. The molecule has 2 heterocycles. The Bertz CT molecular complexity index is 1290. The normalized spacial score (nSPS) is 11.4. The number of halogens is 1.